The van der Waals surface area contributed by atoms with E-state index in [9.17, 15) is 14.4 Å². The first-order valence-electron chi connectivity index (χ1n) is 13.9. The van der Waals surface area contributed by atoms with Crippen LogP contribution in [0.5, 0.6) is 0 Å². The fourth-order valence-electron chi connectivity index (χ4n) is 6.39. The quantitative estimate of drug-likeness (QED) is 0.577. The van der Waals surface area contributed by atoms with Gasteiger partial charge < -0.3 is 14.5 Å². The minimum absolute atomic E-state index is 0.0494. The number of fused-ring (bicyclic) bond motifs is 1. The molecule has 1 N–H and O–H groups in total. The fraction of sp³-hybridized carbons (Fsp3) is 0.621. The first kappa shape index (κ1) is 26.9. The lowest BCUT2D eigenvalue weighted by Gasteiger charge is -2.45. The summed E-state index contributed by atoms with van der Waals surface area (Å²) in [6.07, 6.45) is 4.25. The Balaban J connectivity index is 1.27. The van der Waals surface area contributed by atoms with Gasteiger partial charge in [0.1, 0.15) is 10.6 Å². The van der Waals surface area contributed by atoms with Crippen LogP contribution in [0, 0.1) is 5.41 Å². The van der Waals surface area contributed by atoms with Crippen molar-refractivity contribution in [1.82, 2.24) is 14.7 Å². The van der Waals surface area contributed by atoms with Gasteiger partial charge in [-0.25, -0.2) is 4.79 Å². The summed E-state index contributed by atoms with van der Waals surface area (Å²) in [4.78, 5) is 46.0. The molecule has 3 saturated heterocycles. The molecule has 8 nitrogen and oxygen atoms in total. The summed E-state index contributed by atoms with van der Waals surface area (Å²) < 4.78 is 6.42. The Bertz CT molecular complexity index is 1210. The number of benzene rings is 1. The topological polar surface area (TPSA) is 82.2 Å². The monoisotopic (exact) mass is 540 g/mol. The van der Waals surface area contributed by atoms with Crippen molar-refractivity contribution < 1.29 is 19.1 Å². The predicted molar refractivity (Wildman–Crippen MR) is 151 cm³/mol. The molecular weight excluding hydrogens is 500 g/mol. The zero-order chi connectivity index (χ0) is 27.1. The van der Waals surface area contributed by atoms with E-state index in [1.165, 1.54) is 11.3 Å². The van der Waals surface area contributed by atoms with Gasteiger partial charge in [0.25, 0.3) is 5.91 Å². The van der Waals surface area contributed by atoms with Crippen molar-refractivity contribution in [2.45, 2.75) is 71.4 Å². The van der Waals surface area contributed by atoms with E-state index < -0.39 is 11.7 Å². The van der Waals surface area contributed by atoms with Gasteiger partial charge in [0.05, 0.1) is 11.0 Å². The number of anilines is 1. The van der Waals surface area contributed by atoms with Crippen LogP contribution in [0.3, 0.4) is 0 Å². The van der Waals surface area contributed by atoms with Crippen molar-refractivity contribution in [3.63, 3.8) is 0 Å². The maximum atomic E-state index is 13.8. The number of carbonyl (C=O) groups is 3. The molecule has 4 heterocycles. The SMILES string of the molecule is CCN1CCC2(CCCN(C3CCN(C(=O)c4c(NC(=O)OC(C)(C)C)sc5ccccc45)CC3)C2)C1=O. The van der Waals surface area contributed by atoms with E-state index in [2.05, 4.69) is 17.1 Å². The van der Waals surface area contributed by atoms with Crippen molar-refractivity contribution in [1.29, 1.82) is 0 Å². The Kier molecular flexibility index (Phi) is 7.44. The third-order valence-electron chi connectivity index (χ3n) is 8.28. The van der Waals surface area contributed by atoms with E-state index >= 15 is 0 Å². The molecule has 5 rings (SSSR count). The highest BCUT2D eigenvalue weighted by atomic mass is 32.1. The summed E-state index contributed by atoms with van der Waals surface area (Å²) in [7, 11) is 0. The van der Waals surface area contributed by atoms with Crippen molar-refractivity contribution >= 4 is 44.3 Å². The number of likely N-dealkylation sites (tertiary alicyclic amines) is 3. The lowest BCUT2D eigenvalue weighted by atomic mass is 9.77. The zero-order valence-electron chi connectivity index (χ0n) is 23.0. The molecule has 3 aliphatic heterocycles. The first-order chi connectivity index (χ1) is 18.1. The molecule has 0 radical (unpaired) electrons. The maximum absolute atomic E-state index is 13.8. The first-order valence-corrected chi connectivity index (χ1v) is 14.8. The number of hydrogen-bond acceptors (Lipinski definition) is 6. The van der Waals surface area contributed by atoms with Gasteiger partial charge >= 0.3 is 6.09 Å². The maximum Gasteiger partial charge on any atom is 0.412 e. The van der Waals surface area contributed by atoms with Crippen LogP contribution in [-0.2, 0) is 9.53 Å². The van der Waals surface area contributed by atoms with E-state index in [1.54, 1.807) is 0 Å². The van der Waals surface area contributed by atoms with E-state index in [-0.39, 0.29) is 11.3 Å². The second-order valence-corrected chi connectivity index (χ2v) is 13.0. The summed E-state index contributed by atoms with van der Waals surface area (Å²) in [5.74, 6) is 0.290. The molecule has 3 amide bonds. The molecule has 1 atom stereocenters. The van der Waals surface area contributed by atoms with Gasteiger partial charge in [-0.3, -0.25) is 19.8 Å². The molecule has 0 saturated carbocycles. The fourth-order valence-corrected chi connectivity index (χ4v) is 7.47. The van der Waals surface area contributed by atoms with Crippen molar-refractivity contribution in [3.05, 3.63) is 29.8 Å². The number of amides is 3. The predicted octanol–water partition coefficient (Wildman–Crippen LogP) is 5.19. The molecule has 9 heteroatoms. The number of nitrogens with one attached hydrogen (secondary N) is 1. The van der Waals surface area contributed by atoms with Crippen molar-refractivity contribution in [2.24, 2.45) is 5.41 Å². The molecule has 206 valence electrons. The standard InChI is InChI=1S/C29H40N4O4S/c1-5-31-18-14-29(26(31)35)13-8-15-33(19-29)20-11-16-32(17-12-20)25(34)23-21-9-6-7-10-22(21)38-24(23)30-27(36)37-28(2,3)4/h6-7,9-10,20H,5,8,11-19H2,1-4H3,(H,30,36). The van der Waals surface area contributed by atoms with E-state index in [1.807, 2.05) is 54.8 Å². The number of rotatable bonds is 4. The van der Waals surface area contributed by atoms with Crippen molar-refractivity contribution in [3.8, 4) is 0 Å². The van der Waals surface area contributed by atoms with Crippen molar-refractivity contribution in [2.75, 3.05) is 44.6 Å². The van der Waals surface area contributed by atoms with Gasteiger partial charge in [0.15, 0.2) is 0 Å². The lowest BCUT2D eigenvalue weighted by Crippen LogP contribution is -2.54. The van der Waals surface area contributed by atoms with Gasteiger partial charge in [-0.2, -0.15) is 0 Å². The normalized spacial score (nSPS) is 23.4. The average Bonchev–Trinajstić information content (AvgIpc) is 3.39. The molecule has 3 aliphatic rings. The summed E-state index contributed by atoms with van der Waals surface area (Å²) in [5, 5.41) is 4.23. The Morgan fingerprint density at radius 2 is 1.84 bits per heavy atom. The minimum Gasteiger partial charge on any atom is -0.444 e. The van der Waals surface area contributed by atoms with Crippen LogP contribution >= 0.6 is 11.3 Å². The van der Waals surface area contributed by atoms with Gasteiger partial charge in [-0.05, 0) is 72.4 Å². The van der Waals surface area contributed by atoms with Crippen LogP contribution in [0.15, 0.2) is 24.3 Å². The Morgan fingerprint density at radius 3 is 2.53 bits per heavy atom. The molecule has 1 aromatic carbocycles. The Morgan fingerprint density at radius 1 is 1.11 bits per heavy atom. The minimum atomic E-state index is -0.627. The summed E-state index contributed by atoms with van der Waals surface area (Å²) in [6, 6.07) is 8.16. The second kappa shape index (κ2) is 10.5. The smallest absolute Gasteiger partial charge is 0.412 e. The average molecular weight is 541 g/mol. The van der Waals surface area contributed by atoms with E-state index in [0.717, 1.165) is 68.4 Å². The molecular formula is C29H40N4O4S. The molecule has 0 aliphatic carbocycles. The molecule has 2 aromatic rings. The molecule has 3 fully saturated rings. The van der Waals surface area contributed by atoms with Crippen LogP contribution in [0.25, 0.3) is 10.1 Å². The third kappa shape index (κ3) is 5.27. The number of hydrogen-bond donors (Lipinski definition) is 1. The Hall–Kier alpha value is -2.65. The number of thiophene rings is 1. The summed E-state index contributed by atoms with van der Waals surface area (Å²) in [6.45, 7) is 12.4. The van der Waals surface area contributed by atoms with Crippen LogP contribution in [0.1, 0.15) is 70.2 Å². The largest absolute Gasteiger partial charge is 0.444 e. The van der Waals surface area contributed by atoms with E-state index in [0.29, 0.717) is 35.6 Å². The van der Waals surface area contributed by atoms with E-state index in [4.69, 9.17) is 4.74 Å². The highest BCUT2D eigenvalue weighted by Gasteiger charge is 2.49. The highest BCUT2D eigenvalue weighted by Crippen LogP contribution is 2.42. The molecule has 1 spiro atoms. The van der Waals surface area contributed by atoms with Gasteiger partial charge in [0.2, 0.25) is 5.91 Å². The van der Waals surface area contributed by atoms with Crippen LogP contribution in [-0.4, -0.2) is 83.5 Å². The van der Waals surface area contributed by atoms with Gasteiger partial charge in [0, 0.05) is 48.9 Å². The summed E-state index contributed by atoms with van der Waals surface area (Å²) >= 11 is 1.40. The number of piperidine rings is 2. The Labute approximate surface area is 229 Å². The number of ether oxygens (including phenoxy) is 1. The highest BCUT2D eigenvalue weighted by molar-refractivity contribution is 7.23. The van der Waals surface area contributed by atoms with Crippen LogP contribution in [0.4, 0.5) is 9.80 Å². The number of nitrogens with zero attached hydrogens (tertiary/aromatic N) is 3. The zero-order valence-corrected chi connectivity index (χ0v) is 23.9. The molecule has 1 unspecified atom stereocenters. The van der Waals surface area contributed by atoms with Crippen LogP contribution in [0.2, 0.25) is 0 Å². The summed E-state index contributed by atoms with van der Waals surface area (Å²) in [5.41, 5.74) is -0.292. The number of carbonyl (C=O) groups excluding carboxylic acids is 3. The van der Waals surface area contributed by atoms with Crippen LogP contribution < -0.4 is 5.32 Å². The third-order valence-corrected chi connectivity index (χ3v) is 9.37. The molecule has 1 aromatic heterocycles. The van der Waals surface area contributed by atoms with Gasteiger partial charge in [-0.15, -0.1) is 11.3 Å². The lowest BCUT2D eigenvalue weighted by molar-refractivity contribution is -0.139. The second-order valence-electron chi connectivity index (χ2n) is 11.9. The molecule has 38 heavy (non-hydrogen) atoms. The van der Waals surface area contributed by atoms with Gasteiger partial charge in [-0.1, -0.05) is 18.2 Å². The molecule has 0 bridgehead atoms.